The lowest BCUT2D eigenvalue weighted by Crippen LogP contribution is -2.24. The average molecular weight is 546 g/mol. The number of nitrogens with one attached hydrogen (secondary N) is 1. The first-order chi connectivity index (χ1) is 16.4. The van der Waals surface area contributed by atoms with Crippen molar-refractivity contribution in [1.82, 2.24) is 5.43 Å². The molecule has 1 N–H and O–H groups in total. The molecule has 176 valence electrons. The number of aryl methyl sites for hydroxylation is 1. The van der Waals surface area contributed by atoms with Crippen LogP contribution in [0.15, 0.2) is 70.2 Å². The highest BCUT2D eigenvalue weighted by molar-refractivity contribution is 9.10. The lowest BCUT2D eigenvalue weighted by Gasteiger charge is -2.11. The van der Waals surface area contributed by atoms with Gasteiger partial charge in [-0.1, -0.05) is 27.5 Å². The van der Waals surface area contributed by atoms with Crippen LogP contribution < -0.4 is 19.6 Å². The third-order valence-electron chi connectivity index (χ3n) is 4.45. The molecule has 0 unspecified atom stereocenters. The van der Waals surface area contributed by atoms with Crippen molar-refractivity contribution in [3.63, 3.8) is 0 Å². The Hall–Kier alpha value is -3.36. The molecule has 0 saturated heterocycles. The van der Waals surface area contributed by atoms with E-state index in [4.69, 9.17) is 25.8 Å². The zero-order chi connectivity index (χ0) is 24.5. The van der Waals surface area contributed by atoms with Crippen LogP contribution in [-0.2, 0) is 4.79 Å². The number of benzene rings is 3. The van der Waals surface area contributed by atoms with Crippen LogP contribution in [0.5, 0.6) is 17.2 Å². The predicted molar refractivity (Wildman–Crippen MR) is 134 cm³/mol. The number of hydrazone groups is 1. The molecule has 0 heterocycles. The summed E-state index contributed by atoms with van der Waals surface area (Å²) in [4.78, 5) is 24.4. The van der Waals surface area contributed by atoms with E-state index in [1.165, 1.54) is 6.21 Å². The molecule has 0 spiro atoms. The van der Waals surface area contributed by atoms with E-state index in [0.29, 0.717) is 34.3 Å². The fourth-order valence-corrected chi connectivity index (χ4v) is 3.15. The Kier molecular flexibility index (Phi) is 9.07. The first-order valence-corrected chi connectivity index (χ1v) is 11.5. The van der Waals surface area contributed by atoms with Crippen LogP contribution in [0.2, 0.25) is 5.02 Å². The van der Waals surface area contributed by atoms with Crippen LogP contribution in [0.3, 0.4) is 0 Å². The standard InChI is InChI=1S/C25H22BrClN2O5/c1-3-32-23-13-17(4-11-22(23)34-25(31)18-5-7-19(26)8-6-18)14-28-29-24(30)15-33-20-9-10-21(27)16(2)12-20/h4-14H,3,15H2,1-2H3,(H,29,30)/b28-14+. The van der Waals surface area contributed by atoms with Crippen LogP contribution >= 0.6 is 27.5 Å². The monoisotopic (exact) mass is 544 g/mol. The molecule has 0 atom stereocenters. The fraction of sp³-hybridized carbons (Fsp3) is 0.160. The molecular weight excluding hydrogens is 524 g/mol. The minimum atomic E-state index is -0.502. The minimum absolute atomic E-state index is 0.201. The highest BCUT2D eigenvalue weighted by Crippen LogP contribution is 2.29. The minimum Gasteiger partial charge on any atom is -0.490 e. The van der Waals surface area contributed by atoms with Gasteiger partial charge in [-0.2, -0.15) is 5.10 Å². The van der Waals surface area contributed by atoms with Gasteiger partial charge < -0.3 is 14.2 Å². The summed E-state index contributed by atoms with van der Waals surface area (Å²) in [5.41, 5.74) is 4.31. The first-order valence-electron chi connectivity index (χ1n) is 10.3. The zero-order valence-corrected chi connectivity index (χ0v) is 20.9. The number of ether oxygens (including phenoxy) is 3. The van der Waals surface area contributed by atoms with Crippen molar-refractivity contribution in [2.45, 2.75) is 13.8 Å². The number of halogens is 2. The highest BCUT2D eigenvalue weighted by atomic mass is 79.9. The lowest BCUT2D eigenvalue weighted by molar-refractivity contribution is -0.123. The van der Waals surface area contributed by atoms with Crippen molar-refractivity contribution >= 4 is 45.6 Å². The molecule has 0 fully saturated rings. The number of carbonyl (C=O) groups is 2. The van der Waals surface area contributed by atoms with Crippen molar-refractivity contribution in [2.75, 3.05) is 13.2 Å². The number of hydrogen-bond acceptors (Lipinski definition) is 6. The Bertz CT molecular complexity index is 1200. The number of carbonyl (C=O) groups excluding carboxylic acids is 2. The number of hydrogen-bond donors (Lipinski definition) is 1. The second kappa shape index (κ2) is 12.2. The largest absolute Gasteiger partial charge is 0.490 e. The van der Waals surface area contributed by atoms with Crippen LogP contribution in [0.1, 0.15) is 28.4 Å². The average Bonchev–Trinajstić information content (AvgIpc) is 2.82. The Balaban J connectivity index is 1.59. The second-order valence-corrected chi connectivity index (χ2v) is 8.35. The van der Waals surface area contributed by atoms with E-state index >= 15 is 0 Å². The predicted octanol–water partition coefficient (Wildman–Crippen LogP) is 5.56. The van der Waals surface area contributed by atoms with Gasteiger partial charge in [-0.05, 0) is 85.6 Å². The molecule has 0 bridgehead atoms. The van der Waals surface area contributed by atoms with Crippen molar-refractivity contribution < 1.29 is 23.8 Å². The van der Waals surface area contributed by atoms with E-state index in [-0.39, 0.29) is 12.4 Å². The fourth-order valence-electron chi connectivity index (χ4n) is 2.77. The summed E-state index contributed by atoms with van der Waals surface area (Å²) in [7, 11) is 0. The molecule has 0 aliphatic carbocycles. The van der Waals surface area contributed by atoms with Gasteiger partial charge in [0.1, 0.15) is 5.75 Å². The molecule has 1 amide bonds. The summed E-state index contributed by atoms with van der Waals surface area (Å²) in [5, 5.41) is 4.57. The van der Waals surface area contributed by atoms with E-state index < -0.39 is 11.9 Å². The summed E-state index contributed by atoms with van der Waals surface area (Å²) in [6.45, 7) is 3.85. The maximum atomic E-state index is 12.4. The summed E-state index contributed by atoms with van der Waals surface area (Å²) in [6, 6.07) is 16.9. The van der Waals surface area contributed by atoms with Gasteiger partial charge in [0.05, 0.1) is 18.4 Å². The van der Waals surface area contributed by atoms with Gasteiger partial charge >= 0.3 is 5.97 Å². The third kappa shape index (κ3) is 7.33. The van der Waals surface area contributed by atoms with Gasteiger partial charge in [-0.3, -0.25) is 4.79 Å². The van der Waals surface area contributed by atoms with E-state index in [0.717, 1.165) is 10.0 Å². The number of nitrogens with zero attached hydrogens (tertiary/aromatic N) is 1. The smallest absolute Gasteiger partial charge is 0.343 e. The van der Waals surface area contributed by atoms with Gasteiger partial charge in [0.25, 0.3) is 5.91 Å². The van der Waals surface area contributed by atoms with E-state index in [9.17, 15) is 9.59 Å². The molecule has 0 radical (unpaired) electrons. The molecule has 9 heteroatoms. The van der Waals surface area contributed by atoms with Crippen molar-refractivity contribution in [3.05, 3.63) is 86.8 Å². The van der Waals surface area contributed by atoms with E-state index in [1.54, 1.807) is 60.7 Å². The SMILES string of the molecule is CCOc1cc(/C=N/NC(=O)COc2ccc(Cl)c(C)c2)ccc1OC(=O)c1ccc(Br)cc1. The zero-order valence-electron chi connectivity index (χ0n) is 18.5. The summed E-state index contributed by atoms with van der Waals surface area (Å²) < 4.78 is 17.4. The van der Waals surface area contributed by atoms with Gasteiger partial charge in [0.15, 0.2) is 18.1 Å². The first kappa shape index (κ1) is 25.3. The number of rotatable bonds is 9. The Morgan fingerprint density at radius 3 is 2.50 bits per heavy atom. The summed E-state index contributed by atoms with van der Waals surface area (Å²) in [5.74, 6) is 0.273. The van der Waals surface area contributed by atoms with Crippen LogP contribution in [0.25, 0.3) is 0 Å². The van der Waals surface area contributed by atoms with Crippen LogP contribution in [0.4, 0.5) is 0 Å². The normalized spacial score (nSPS) is 10.7. The van der Waals surface area contributed by atoms with Crippen LogP contribution in [0, 0.1) is 6.92 Å². The van der Waals surface area contributed by atoms with E-state index in [2.05, 4.69) is 26.5 Å². The molecule has 3 aromatic rings. The van der Waals surface area contributed by atoms with Crippen LogP contribution in [-0.4, -0.2) is 31.3 Å². The number of amides is 1. The molecule has 3 rings (SSSR count). The summed E-state index contributed by atoms with van der Waals surface area (Å²) in [6.07, 6.45) is 1.45. The Labute approximate surface area is 210 Å². The lowest BCUT2D eigenvalue weighted by atomic mass is 10.2. The van der Waals surface area contributed by atoms with Gasteiger partial charge in [0.2, 0.25) is 0 Å². The van der Waals surface area contributed by atoms with E-state index in [1.807, 2.05) is 13.8 Å². The molecule has 0 saturated carbocycles. The maximum Gasteiger partial charge on any atom is 0.343 e. The highest BCUT2D eigenvalue weighted by Gasteiger charge is 2.13. The van der Waals surface area contributed by atoms with Gasteiger partial charge in [-0.15, -0.1) is 0 Å². The Morgan fingerprint density at radius 1 is 1.03 bits per heavy atom. The summed E-state index contributed by atoms with van der Waals surface area (Å²) >= 11 is 9.31. The molecule has 0 aliphatic heterocycles. The van der Waals surface area contributed by atoms with Gasteiger partial charge in [-0.25, -0.2) is 10.2 Å². The molecule has 0 aromatic heterocycles. The second-order valence-electron chi connectivity index (χ2n) is 7.03. The van der Waals surface area contributed by atoms with Crippen molar-refractivity contribution in [2.24, 2.45) is 5.10 Å². The molecule has 3 aromatic carbocycles. The molecule has 0 aliphatic rings. The maximum absolute atomic E-state index is 12.4. The molecule has 7 nitrogen and oxygen atoms in total. The topological polar surface area (TPSA) is 86.2 Å². The van der Waals surface area contributed by atoms with Crippen molar-refractivity contribution in [1.29, 1.82) is 0 Å². The molecule has 34 heavy (non-hydrogen) atoms. The quantitative estimate of drug-likeness (QED) is 0.165. The number of esters is 1. The van der Waals surface area contributed by atoms with Gasteiger partial charge in [0, 0.05) is 9.50 Å². The Morgan fingerprint density at radius 2 is 1.79 bits per heavy atom. The molecular formula is C25H22BrClN2O5. The third-order valence-corrected chi connectivity index (χ3v) is 5.41. The van der Waals surface area contributed by atoms with Crippen molar-refractivity contribution in [3.8, 4) is 17.2 Å².